The molecular formula is C13H26O3. The number of unbranched alkanes of at least 4 members (excludes halogenated alkanes) is 2. The van der Waals surface area contributed by atoms with Crippen molar-refractivity contribution in [2.24, 2.45) is 5.41 Å². The highest BCUT2D eigenvalue weighted by atomic mass is 16.3. The van der Waals surface area contributed by atoms with Crippen molar-refractivity contribution in [2.45, 2.75) is 65.4 Å². The fourth-order valence-corrected chi connectivity index (χ4v) is 1.82. The topological polar surface area (TPSA) is 57.5 Å². The third kappa shape index (κ3) is 3.87. The molecule has 16 heavy (non-hydrogen) atoms. The van der Waals surface area contributed by atoms with Crippen LogP contribution in [0.25, 0.3) is 0 Å². The molecule has 0 aliphatic heterocycles. The molecule has 3 nitrogen and oxygen atoms in total. The molecule has 0 fully saturated rings. The second-order valence-corrected chi connectivity index (χ2v) is 5.20. The van der Waals surface area contributed by atoms with Crippen LogP contribution in [0.2, 0.25) is 0 Å². The van der Waals surface area contributed by atoms with Gasteiger partial charge in [0.2, 0.25) is 0 Å². The summed E-state index contributed by atoms with van der Waals surface area (Å²) in [7, 11) is 0. The predicted molar refractivity (Wildman–Crippen MR) is 65.3 cm³/mol. The number of hydrogen-bond acceptors (Lipinski definition) is 3. The quantitative estimate of drug-likeness (QED) is 0.629. The number of Topliss-reactive ketones (excluding diaryl/α,β-unsaturated/α-hetero) is 1. The van der Waals surface area contributed by atoms with Crippen molar-refractivity contribution in [1.82, 2.24) is 0 Å². The first-order chi connectivity index (χ1) is 7.29. The molecular weight excluding hydrogens is 204 g/mol. The van der Waals surface area contributed by atoms with Crippen LogP contribution in [0.1, 0.15) is 59.8 Å². The molecule has 0 saturated heterocycles. The number of ketones is 1. The van der Waals surface area contributed by atoms with Gasteiger partial charge in [0, 0.05) is 13.0 Å². The van der Waals surface area contributed by atoms with Crippen LogP contribution in [0.3, 0.4) is 0 Å². The Balaban J connectivity index is 4.32. The average Bonchev–Trinajstić information content (AvgIpc) is 2.21. The summed E-state index contributed by atoms with van der Waals surface area (Å²) in [5.74, 6) is 0.125. The summed E-state index contributed by atoms with van der Waals surface area (Å²) in [6.07, 6.45) is 3.56. The molecule has 96 valence electrons. The van der Waals surface area contributed by atoms with E-state index in [2.05, 4.69) is 0 Å². The number of carbonyl (C=O) groups is 1. The van der Waals surface area contributed by atoms with Crippen molar-refractivity contribution < 1.29 is 15.0 Å². The summed E-state index contributed by atoms with van der Waals surface area (Å²) in [5, 5.41) is 18.7. The van der Waals surface area contributed by atoms with E-state index in [0.29, 0.717) is 12.8 Å². The van der Waals surface area contributed by atoms with Crippen LogP contribution < -0.4 is 0 Å². The van der Waals surface area contributed by atoms with E-state index < -0.39 is 11.0 Å². The Morgan fingerprint density at radius 3 is 2.06 bits per heavy atom. The summed E-state index contributed by atoms with van der Waals surface area (Å²) in [4.78, 5) is 12.1. The van der Waals surface area contributed by atoms with Crippen molar-refractivity contribution in [1.29, 1.82) is 0 Å². The third-order valence-electron chi connectivity index (χ3n) is 3.73. The second kappa shape index (κ2) is 6.36. The minimum Gasteiger partial charge on any atom is -0.396 e. The first-order valence-electron chi connectivity index (χ1n) is 6.16. The molecule has 0 aromatic rings. The van der Waals surface area contributed by atoms with E-state index in [0.717, 1.165) is 19.3 Å². The minimum absolute atomic E-state index is 0.125. The molecule has 1 atom stereocenters. The molecule has 0 amide bonds. The first-order valence-corrected chi connectivity index (χ1v) is 6.16. The molecule has 0 aromatic carbocycles. The molecule has 0 rings (SSSR count). The maximum atomic E-state index is 12.1. The first kappa shape index (κ1) is 15.6. The van der Waals surface area contributed by atoms with Crippen molar-refractivity contribution in [3.8, 4) is 0 Å². The maximum absolute atomic E-state index is 12.1. The lowest BCUT2D eigenvalue weighted by molar-refractivity contribution is -0.142. The van der Waals surface area contributed by atoms with Crippen LogP contribution in [0.5, 0.6) is 0 Å². The molecule has 0 unspecified atom stereocenters. The van der Waals surface area contributed by atoms with Crippen molar-refractivity contribution in [2.75, 3.05) is 6.61 Å². The fourth-order valence-electron chi connectivity index (χ4n) is 1.82. The number of carbonyl (C=O) groups excluding carboxylic acids is 1. The normalized spacial score (nSPS) is 15.9. The summed E-state index contributed by atoms with van der Waals surface area (Å²) in [6, 6.07) is 0. The van der Waals surface area contributed by atoms with E-state index in [1.807, 2.05) is 13.8 Å². The number of aliphatic hydroxyl groups is 2. The van der Waals surface area contributed by atoms with Gasteiger partial charge in [0.25, 0.3) is 0 Å². The van der Waals surface area contributed by atoms with Gasteiger partial charge in [-0.15, -0.1) is 0 Å². The predicted octanol–water partition coefficient (Wildman–Crippen LogP) is 2.30. The van der Waals surface area contributed by atoms with Crippen LogP contribution in [0, 0.1) is 5.41 Å². The lowest BCUT2D eigenvalue weighted by Gasteiger charge is -2.38. The van der Waals surface area contributed by atoms with Crippen LogP contribution >= 0.6 is 0 Å². The van der Waals surface area contributed by atoms with Crippen molar-refractivity contribution >= 4 is 5.78 Å². The SMILES string of the molecule is CC[C@@](C)(C(=O)CCCCCO)C(C)(C)O. The lowest BCUT2D eigenvalue weighted by atomic mass is 9.69. The fraction of sp³-hybridized carbons (Fsp3) is 0.923. The van der Waals surface area contributed by atoms with Crippen LogP contribution in [0.15, 0.2) is 0 Å². The number of rotatable bonds is 8. The highest BCUT2D eigenvalue weighted by Gasteiger charge is 2.43. The van der Waals surface area contributed by atoms with Crippen molar-refractivity contribution in [3.63, 3.8) is 0 Å². The highest BCUT2D eigenvalue weighted by molar-refractivity contribution is 5.85. The Kier molecular flexibility index (Phi) is 6.19. The molecule has 2 N–H and O–H groups in total. The van der Waals surface area contributed by atoms with E-state index in [-0.39, 0.29) is 12.4 Å². The Morgan fingerprint density at radius 2 is 1.69 bits per heavy atom. The summed E-state index contributed by atoms with van der Waals surface area (Å²) < 4.78 is 0. The van der Waals surface area contributed by atoms with E-state index >= 15 is 0 Å². The summed E-state index contributed by atoms with van der Waals surface area (Å²) in [6.45, 7) is 7.35. The smallest absolute Gasteiger partial charge is 0.141 e. The Bertz CT molecular complexity index is 218. The Labute approximate surface area is 98.9 Å². The molecule has 0 saturated carbocycles. The van der Waals surface area contributed by atoms with Gasteiger partial charge in [-0.2, -0.15) is 0 Å². The van der Waals surface area contributed by atoms with Gasteiger partial charge in [0.05, 0.1) is 11.0 Å². The van der Waals surface area contributed by atoms with Crippen LogP contribution in [0.4, 0.5) is 0 Å². The standard InChI is InChI=1S/C13H26O3/c1-5-13(4,12(2,3)16)11(15)9-7-6-8-10-14/h14,16H,5-10H2,1-4H3/t13-/m0/s1. The summed E-state index contributed by atoms with van der Waals surface area (Å²) >= 11 is 0. The lowest BCUT2D eigenvalue weighted by Crippen LogP contribution is -2.46. The van der Waals surface area contributed by atoms with Gasteiger partial charge in [-0.1, -0.05) is 13.3 Å². The molecule has 0 bridgehead atoms. The number of hydrogen-bond donors (Lipinski definition) is 2. The van der Waals surface area contributed by atoms with Gasteiger partial charge < -0.3 is 10.2 Å². The zero-order valence-electron chi connectivity index (χ0n) is 11.0. The van der Waals surface area contributed by atoms with Crippen molar-refractivity contribution in [3.05, 3.63) is 0 Å². The van der Waals surface area contributed by atoms with Gasteiger partial charge >= 0.3 is 0 Å². The molecule has 3 heteroatoms. The number of aliphatic hydroxyl groups excluding tert-OH is 1. The van der Waals surface area contributed by atoms with Gasteiger partial charge in [-0.25, -0.2) is 0 Å². The summed E-state index contributed by atoms with van der Waals surface area (Å²) in [5.41, 5.74) is -1.64. The molecule has 0 aromatic heterocycles. The van der Waals surface area contributed by atoms with Crippen LogP contribution in [-0.2, 0) is 4.79 Å². The molecule has 0 spiro atoms. The van der Waals surface area contributed by atoms with Gasteiger partial charge in [0.15, 0.2) is 0 Å². The second-order valence-electron chi connectivity index (χ2n) is 5.20. The minimum atomic E-state index is -0.976. The molecule has 0 aliphatic rings. The zero-order chi connectivity index (χ0) is 12.8. The monoisotopic (exact) mass is 230 g/mol. The van der Waals surface area contributed by atoms with Gasteiger partial charge in [0.1, 0.15) is 5.78 Å². The Morgan fingerprint density at radius 1 is 1.12 bits per heavy atom. The Hall–Kier alpha value is -0.410. The van der Waals surface area contributed by atoms with Crippen LogP contribution in [-0.4, -0.2) is 28.2 Å². The van der Waals surface area contributed by atoms with E-state index in [1.54, 1.807) is 13.8 Å². The molecule has 0 radical (unpaired) electrons. The van der Waals surface area contributed by atoms with E-state index in [4.69, 9.17) is 5.11 Å². The van der Waals surface area contributed by atoms with E-state index in [9.17, 15) is 9.90 Å². The zero-order valence-corrected chi connectivity index (χ0v) is 11.0. The largest absolute Gasteiger partial charge is 0.396 e. The molecule has 0 aliphatic carbocycles. The average molecular weight is 230 g/mol. The third-order valence-corrected chi connectivity index (χ3v) is 3.73. The maximum Gasteiger partial charge on any atom is 0.141 e. The van der Waals surface area contributed by atoms with Gasteiger partial charge in [-0.05, 0) is 40.0 Å². The highest BCUT2D eigenvalue weighted by Crippen LogP contribution is 2.36. The van der Waals surface area contributed by atoms with E-state index in [1.165, 1.54) is 0 Å². The molecule has 0 heterocycles. The van der Waals surface area contributed by atoms with Gasteiger partial charge in [-0.3, -0.25) is 4.79 Å².